The van der Waals surface area contributed by atoms with E-state index in [-0.39, 0.29) is 5.91 Å². The van der Waals surface area contributed by atoms with Crippen LogP contribution in [0.1, 0.15) is 26.2 Å². The molecule has 2 aromatic rings. The molecule has 1 fully saturated rings. The van der Waals surface area contributed by atoms with Gasteiger partial charge in [0.1, 0.15) is 6.67 Å². The van der Waals surface area contributed by atoms with Crippen LogP contribution in [-0.4, -0.2) is 26.9 Å². The number of imidazole rings is 1. The minimum atomic E-state index is 0.210. The molecule has 1 aromatic heterocycles. The minimum absolute atomic E-state index is 0.210. The lowest BCUT2D eigenvalue weighted by Crippen LogP contribution is -2.28. The molecule has 1 aliphatic rings. The predicted molar refractivity (Wildman–Crippen MR) is 87.2 cm³/mol. The van der Waals surface area contributed by atoms with E-state index in [0.717, 1.165) is 34.9 Å². The summed E-state index contributed by atoms with van der Waals surface area (Å²) in [5.41, 5.74) is 1.79. The van der Waals surface area contributed by atoms with Crippen molar-refractivity contribution in [3.63, 3.8) is 0 Å². The van der Waals surface area contributed by atoms with Gasteiger partial charge in [-0.2, -0.15) is 0 Å². The first kappa shape index (κ1) is 14.9. The van der Waals surface area contributed by atoms with E-state index in [0.29, 0.717) is 24.3 Å². The highest BCUT2D eigenvalue weighted by molar-refractivity contribution is 9.10. The zero-order valence-corrected chi connectivity index (χ0v) is 14.2. The maximum absolute atomic E-state index is 12.1. The van der Waals surface area contributed by atoms with Gasteiger partial charge in [-0.25, -0.2) is 4.98 Å². The molecule has 1 unspecified atom stereocenters. The Morgan fingerprint density at radius 1 is 1.48 bits per heavy atom. The number of fused-ring (bicyclic) bond motifs is 1. The second kappa shape index (κ2) is 5.97. The van der Waals surface area contributed by atoms with E-state index in [9.17, 15) is 4.79 Å². The van der Waals surface area contributed by atoms with Gasteiger partial charge in [0, 0.05) is 17.4 Å². The molecule has 4 nitrogen and oxygen atoms in total. The fraction of sp³-hybridized carbons (Fsp3) is 0.467. The summed E-state index contributed by atoms with van der Waals surface area (Å²) in [5.74, 6) is 0.684. The maximum atomic E-state index is 12.1. The Balaban J connectivity index is 1.86. The van der Waals surface area contributed by atoms with Crippen LogP contribution in [0.4, 0.5) is 0 Å². The van der Waals surface area contributed by atoms with Crippen LogP contribution in [0.25, 0.3) is 11.0 Å². The summed E-state index contributed by atoms with van der Waals surface area (Å²) < 4.78 is 2.87. The molecule has 21 heavy (non-hydrogen) atoms. The van der Waals surface area contributed by atoms with Gasteiger partial charge in [0.25, 0.3) is 0 Å². The smallest absolute Gasteiger partial charge is 0.224 e. The Morgan fingerprint density at radius 2 is 2.29 bits per heavy atom. The summed E-state index contributed by atoms with van der Waals surface area (Å²) in [5, 5.41) is 0.426. The van der Waals surface area contributed by atoms with Crippen LogP contribution >= 0.6 is 27.5 Å². The molecule has 0 bridgehead atoms. The number of carbonyl (C=O) groups excluding carboxylic acids is 1. The average Bonchev–Trinajstić information content (AvgIpc) is 2.93. The lowest BCUT2D eigenvalue weighted by atomic mass is 10.0. The Labute approximate surface area is 137 Å². The normalized spacial score (nSPS) is 18.9. The Bertz CT molecular complexity index is 685. The first-order valence-electron chi connectivity index (χ1n) is 7.17. The molecule has 0 spiro atoms. The molecule has 0 N–H and O–H groups in total. The Morgan fingerprint density at radius 3 is 3.05 bits per heavy atom. The summed E-state index contributed by atoms with van der Waals surface area (Å²) in [6.07, 6.45) is 2.88. The second-order valence-corrected chi connectivity index (χ2v) is 6.81. The molecule has 0 saturated carbocycles. The molecule has 1 aliphatic heterocycles. The number of aromatic nitrogens is 2. The zero-order chi connectivity index (χ0) is 15.0. The monoisotopic (exact) mass is 369 g/mol. The number of rotatable bonds is 4. The van der Waals surface area contributed by atoms with Gasteiger partial charge >= 0.3 is 0 Å². The zero-order valence-electron chi connectivity index (χ0n) is 11.9. The third-order valence-electron chi connectivity index (χ3n) is 3.97. The average molecular weight is 371 g/mol. The third-order valence-corrected chi connectivity index (χ3v) is 4.75. The maximum Gasteiger partial charge on any atom is 0.224 e. The van der Waals surface area contributed by atoms with E-state index in [1.807, 2.05) is 27.7 Å². The summed E-state index contributed by atoms with van der Waals surface area (Å²) >= 11 is 9.71. The number of likely N-dealkylation sites (tertiary alicyclic amines) is 1. The number of carbonyl (C=O) groups is 1. The second-order valence-electron chi connectivity index (χ2n) is 5.56. The van der Waals surface area contributed by atoms with Crippen LogP contribution in [0.5, 0.6) is 0 Å². The number of hydrogen-bond donors (Lipinski definition) is 0. The molecular formula is C15H17BrClN3O. The van der Waals surface area contributed by atoms with Crippen molar-refractivity contribution in [3.8, 4) is 0 Å². The molecule has 0 aliphatic carbocycles. The molecule has 1 aromatic carbocycles. The van der Waals surface area contributed by atoms with E-state index >= 15 is 0 Å². The number of amides is 1. The van der Waals surface area contributed by atoms with Crippen molar-refractivity contribution in [1.82, 2.24) is 14.5 Å². The van der Waals surface area contributed by atoms with Gasteiger partial charge in [0.05, 0.1) is 11.0 Å². The number of hydrogen-bond acceptors (Lipinski definition) is 2. The fourth-order valence-electron chi connectivity index (χ4n) is 2.96. The van der Waals surface area contributed by atoms with Crippen LogP contribution in [0.2, 0.25) is 5.28 Å². The van der Waals surface area contributed by atoms with Crippen LogP contribution in [0.3, 0.4) is 0 Å². The fourth-order valence-corrected chi connectivity index (χ4v) is 3.55. The van der Waals surface area contributed by atoms with Gasteiger partial charge < -0.3 is 4.90 Å². The van der Waals surface area contributed by atoms with E-state index in [4.69, 9.17) is 11.6 Å². The number of benzene rings is 1. The lowest BCUT2D eigenvalue weighted by molar-refractivity contribution is -0.129. The van der Waals surface area contributed by atoms with Crippen LogP contribution < -0.4 is 0 Å². The standard InChI is InChI=1S/C15H17BrClN3O/c1-2-3-10-6-14(21)19(8-10)9-20-13-7-11(16)4-5-12(13)18-15(20)17/h4-5,7,10H,2-3,6,8-9H2,1H3. The topological polar surface area (TPSA) is 38.1 Å². The van der Waals surface area contributed by atoms with Gasteiger partial charge in [-0.3, -0.25) is 9.36 Å². The van der Waals surface area contributed by atoms with Crippen LogP contribution in [-0.2, 0) is 11.5 Å². The van der Waals surface area contributed by atoms with E-state index < -0.39 is 0 Å². The molecular weight excluding hydrogens is 354 g/mol. The van der Waals surface area contributed by atoms with Crippen molar-refractivity contribution in [2.75, 3.05) is 6.54 Å². The van der Waals surface area contributed by atoms with E-state index in [1.54, 1.807) is 0 Å². The minimum Gasteiger partial charge on any atom is -0.324 e. The molecule has 0 radical (unpaired) electrons. The third kappa shape index (κ3) is 2.94. The predicted octanol–water partition coefficient (Wildman–Crippen LogP) is 4.06. The van der Waals surface area contributed by atoms with Crippen molar-refractivity contribution in [3.05, 3.63) is 28.0 Å². The SMILES string of the molecule is CCCC1CC(=O)N(Cn2c(Cl)nc3ccc(Br)cc32)C1. The molecule has 1 saturated heterocycles. The van der Waals surface area contributed by atoms with Gasteiger partial charge in [0.15, 0.2) is 0 Å². The Hall–Kier alpha value is -1.07. The quantitative estimate of drug-likeness (QED) is 0.814. The van der Waals surface area contributed by atoms with Crippen molar-refractivity contribution < 1.29 is 4.79 Å². The first-order valence-corrected chi connectivity index (χ1v) is 8.34. The summed E-state index contributed by atoms with van der Waals surface area (Å²) in [6, 6.07) is 5.85. The van der Waals surface area contributed by atoms with Crippen LogP contribution in [0, 0.1) is 5.92 Å². The highest BCUT2D eigenvalue weighted by Gasteiger charge is 2.29. The lowest BCUT2D eigenvalue weighted by Gasteiger charge is -2.18. The van der Waals surface area contributed by atoms with E-state index in [1.165, 1.54) is 0 Å². The highest BCUT2D eigenvalue weighted by atomic mass is 79.9. The van der Waals surface area contributed by atoms with Gasteiger partial charge in [-0.1, -0.05) is 29.3 Å². The molecule has 1 amide bonds. The molecule has 112 valence electrons. The molecule has 1 atom stereocenters. The summed E-state index contributed by atoms with van der Waals surface area (Å²) in [7, 11) is 0. The largest absolute Gasteiger partial charge is 0.324 e. The van der Waals surface area contributed by atoms with Crippen molar-refractivity contribution in [1.29, 1.82) is 0 Å². The van der Waals surface area contributed by atoms with Gasteiger partial charge in [0.2, 0.25) is 11.2 Å². The molecule has 2 heterocycles. The van der Waals surface area contributed by atoms with Gasteiger partial charge in [-0.05, 0) is 42.1 Å². The van der Waals surface area contributed by atoms with Gasteiger partial charge in [-0.15, -0.1) is 0 Å². The summed E-state index contributed by atoms with van der Waals surface area (Å²) in [6.45, 7) is 3.45. The first-order chi connectivity index (χ1) is 10.1. The molecule has 6 heteroatoms. The van der Waals surface area contributed by atoms with Crippen molar-refractivity contribution in [2.24, 2.45) is 5.92 Å². The highest BCUT2D eigenvalue weighted by Crippen LogP contribution is 2.27. The van der Waals surface area contributed by atoms with Crippen molar-refractivity contribution in [2.45, 2.75) is 32.9 Å². The van der Waals surface area contributed by atoms with E-state index in [2.05, 4.69) is 27.8 Å². The number of halogens is 2. The Kier molecular flexibility index (Phi) is 4.22. The molecule has 3 rings (SSSR count). The number of nitrogens with zero attached hydrogens (tertiary/aromatic N) is 3. The van der Waals surface area contributed by atoms with Crippen molar-refractivity contribution >= 4 is 44.5 Å². The summed E-state index contributed by atoms with van der Waals surface area (Å²) in [4.78, 5) is 18.4. The van der Waals surface area contributed by atoms with Crippen LogP contribution in [0.15, 0.2) is 22.7 Å².